The molecule has 3 fully saturated rings. The summed E-state index contributed by atoms with van der Waals surface area (Å²) in [6.45, 7) is 5.10. The lowest BCUT2D eigenvalue weighted by Gasteiger charge is -2.62. The molecule has 3 saturated carbocycles. The largest absolute Gasteiger partial charge is 0.479 e. The molecule has 1 unspecified atom stereocenters. The number of hydrogen-bond acceptors (Lipinski definition) is 4. The van der Waals surface area contributed by atoms with Crippen LogP contribution >= 0.6 is 0 Å². The lowest BCUT2D eigenvalue weighted by Crippen LogP contribution is -2.69. The first kappa shape index (κ1) is 18.8. The number of carbonyl (C=O) groups excluding carboxylic acids is 1. The number of halogens is 1. The summed E-state index contributed by atoms with van der Waals surface area (Å²) in [5, 5.41) is 31.9. The van der Waals surface area contributed by atoms with E-state index in [1.165, 1.54) is 12.2 Å². The van der Waals surface area contributed by atoms with Crippen LogP contribution in [0.25, 0.3) is 0 Å². The Morgan fingerprint density at radius 2 is 1.96 bits per heavy atom. The summed E-state index contributed by atoms with van der Waals surface area (Å²) in [4.78, 5) is 23.8. The summed E-state index contributed by atoms with van der Waals surface area (Å²) in [5.74, 6) is -2.94. The van der Waals surface area contributed by atoms with Gasteiger partial charge in [0, 0.05) is 16.7 Å². The number of carboxylic acid groups (broad SMARTS) is 1. The van der Waals surface area contributed by atoms with Gasteiger partial charge in [-0.2, -0.15) is 0 Å². The number of fused-ring (bicyclic) bond motifs is 5. The van der Waals surface area contributed by atoms with Crippen LogP contribution in [-0.4, -0.2) is 44.4 Å². The van der Waals surface area contributed by atoms with Crippen LogP contribution in [0.4, 0.5) is 4.39 Å². The second-order valence-electron chi connectivity index (χ2n) is 9.47. The smallest absolute Gasteiger partial charge is 0.336 e. The van der Waals surface area contributed by atoms with Crippen LogP contribution in [-0.2, 0) is 9.59 Å². The summed E-state index contributed by atoms with van der Waals surface area (Å²) < 4.78 is 16.8. The Morgan fingerprint density at radius 1 is 1.30 bits per heavy atom. The highest BCUT2D eigenvalue weighted by molar-refractivity contribution is 6.01. The molecule has 0 aromatic carbocycles. The number of rotatable bonds is 1. The molecule has 6 heteroatoms. The lowest BCUT2D eigenvalue weighted by molar-refractivity contribution is -0.225. The molecule has 0 heterocycles. The Bertz CT molecular complexity index is 789. The van der Waals surface area contributed by atoms with Gasteiger partial charge in [-0.3, -0.25) is 4.79 Å². The van der Waals surface area contributed by atoms with Gasteiger partial charge in [0.15, 0.2) is 17.1 Å². The third kappa shape index (κ3) is 1.91. The maximum atomic E-state index is 16.8. The molecule has 8 atom stereocenters. The van der Waals surface area contributed by atoms with E-state index in [1.54, 1.807) is 26.8 Å². The van der Waals surface area contributed by atoms with Crippen molar-refractivity contribution in [3.63, 3.8) is 0 Å². The number of aliphatic hydroxyl groups is 2. The Morgan fingerprint density at radius 3 is 2.59 bits per heavy atom. The van der Waals surface area contributed by atoms with Crippen LogP contribution in [0.5, 0.6) is 0 Å². The highest BCUT2D eigenvalue weighted by Gasteiger charge is 2.76. The standard InChI is InChI=1S/C21H27FO5/c1-11-8-15-14-5-4-12-9-13(23)6-7-18(12,2)20(14,22)16(24)10-19(15,3)21(11,27)17(25)26/h6-7,9,11,14-16,24,27H,4-5,8,10H2,1-3H3,(H,25,26)/t11-,14+,15+,16+,18+,19+,20?,21+/m1/s1. The third-order valence-electron chi connectivity index (χ3n) is 8.55. The zero-order chi connectivity index (χ0) is 20.0. The first-order valence-corrected chi connectivity index (χ1v) is 9.70. The van der Waals surface area contributed by atoms with Gasteiger partial charge in [-0.05, 0) is 56.6 Å². The molecular weight excluding hydrogens is 351 g/mol. The van der Waals surface area contributed by atoms with Gasteiger partial charge < -0.3 is 15.3 Å². The molecule has 0 amide bonds. The molecule has 0 aromatic heterocycles. The average molecular weight is 378 g/mol. The fourth-order valence-electron chi connectivity index (χ4n) is 7.00. The second-order valence-corrected chi connectivity index (χ2v) is 9.47. The van der Waals surface area contributed by atoms with E-state index in [0.717, 1.165) is 0 Å². The van der Waals surface area contributed by atoms with Crippen LogP contribution in [0.15, 0.2) is 23.8 Å². The number of carbonyl (C=O) groups is 2. The van der Waals surface area contributed by atoms with Crippen LogP contribution < -0.4 is 0 Å². The molecule has 5 nitrogen and oxygen atoms in total. The van der Waals surface area contributed by atoms with Crippen molar-refractivity contribution < 1.29 is 29.3 Å². The van der Waals surface area contributed by atoms with Crippen molar-refractivity contribution in [2.45, 2.75) is 63.8 Å². The minimum atomic E-state index is -2.00. The maximum Gasteiger partial charge on any atom is 0.336 e. The summed E-state index contributed by atoms with van der Waals surface area (Å²) in [5.41, 5.74) is -5.51. The number of alkyl halides is 1. The quantitative estimate of drug-likeness (QED) is 0.651. The number of hydrogen-bond donors (Lipinski definition) is 3. The zero-order valence-corrected chi connectivity index (χ0v) is 15.9. The highest BCUT2D eigenvalue weighted by atomic mass is 19.1. The molecule has 4 aliphatic carbocycles. The van der Waals surface area contributed by atoms with Crippen LogP contribution in [0.2, 0.25) is 0 Å². The van der Waals surface area contributed by atoms with Crippen molar-refractivity contribution in [1.29, 1.82) is 0 Å². The fraction of sp³-hybridized carbons (Fsp3) is 0.714. The van der Waals surface area contributed by atoms with Gasteiger partial charge in [0.25, 0.3) is 0 Å². The number of aliphatic hydroxyl groups excluding tert-OH is 1. The van der Waals surface area contributed by atoms with Crippen molar-refractivity contribution in [3.05, 3.63) is 23.8 Å². The minimum Gasteiger partial charge on any atom is -0.479 e. The molecule has 0 spiro atoms. The van der Waals surface area contributed by atoms with E-state index in [9.17, 15) is 24.9 Å². The monoisotopic (exact) mass is 378 g/mol. The van der Waals surface area contributed by atoms with Crippen molar-refractivity contribution in [1.82, 2.24) is 0 Å². The van der Waals surface area contributed by atoms with E-state index in [2.05, 4.69) is 0 Å². The molecule has 148 valence electrons. The van der Waals surface area contributed by atoms with E-state index in [1.807, 2.05) is 0 Å². The van der Waals surface area contributed by atoms with Crippen LogP contribution in [0.1, 0.15) is 46.5 Å². The summed E-state index contributed by atoms with van der Waals surface area (Å²) in [7, 11) is 0. The zero-order valence-electron chi connectivity index (χ0n) is 15.9. The van der Waals surface area contributed by atoms with Gasteiger partial charge in [0.2, 0.25) is 0 Å². The molecule has 0 bridgehead atoms. The van der Waals surface area contributed by atoms with Crippen LogP contribution in [0.3, 0.4) is 0 Å². The summed E-state index contributed by atoms with van der Waals surface area (Å²) in [6.07, 6.45) is 4.22. The normalized spacial score (nSPS) is 54.0. The molecule has 0 saturated heterocycles. The SMILES string of the molecule is C[C@@H]1C[C@H]2[C@@H]3CCC4=CC(=O)C=C[C@]4(C)C3(F)[C@@H](O)C[C@]2(C)[C@@]1(O)C(=O)O. The molecule has 4 aliphatic rings. The topological polar surface area (TPSA) is 94.8 Å². The van der Waals surface area contributed by atoms with Gasteiger partial charge in [0.05, 0.1) is 6.10 Å². The molecular formula is C21H27FO5. The van der Waals surface area contributed by atoms with Gasteiger partial charge >= 0.3 is 5.97 Å². The van der Waals surface area contributed by atoms with Crippen molar-refractivity contribution in [2.24, 2.45) is 28.6 Å². The highest BCUT2D eigenvalue weighted by Crippen LogP contribution is 2.70. The predicted octanol–water partition coefficient (Wildman–Crippen LogP) is 2.42. The Labute approximate surface area is 158 Å². The molecule has 0 radical (unpaired) electrons. The van der Waals surface area contributed by atoms with E-state index < -0.39 is 46.0 Å². The first-order valence-electron chi connectivity index (χ1n) is 9.70. The molecule has 27 heavy (non-hydrogen) atoms. The van der Waals surface area contributed by atoms with Crippen LogP contribution in [0, 0.1) is 28.6 Å². The average Bonchev–Trinajstić information content (AvgIpc) is 2.79. The Kier molecular flexibility index (Phi) is 3.69. The van der Waals surface area contributed by atoms with E-state index in [-0.39, 0.29) is 18.1 Å². The van der Waals surface area contributed by atoms with Crippen molar-refractivity contribution in [3.8, 4) is 0 Å². The molecule has 0 aromatic rings. The number of ketones is 1. The molecule has 0 aliphatic heterocycles. The minimum absolute atomic E-state index is 0.123. The molecule has 4 rings (SSSR count). The van der Waals surface area contributed by atoms with Crippen molar-refractivity contribution in [2.75, 3.05) is 0 Å². The van der Waals surface area contributed by atoms with E-state index in [4.69, 9.17) is 0 Å². The van der Waals surface area contributed by atoms with Crippen molar-refractivity contribution >= 4 is 11.8 Å². The van der Waals surface area contributed by atoms with Gasteiger partial charge in [-0.25, -0.2) is 9.18 Å². The Hall–Kier alpha value is -1.53. The number of carboxylic acids is 1. The summed E-state index contributed by atoms with van der Waals surface area (Å²) in [6, 6.07) is 0. The lowest BCUT2D eigenvalue weighted by atomic mass is 9.45. The van der Waals surface area contributed by atoms with Gasteiger partial charge in [0.1, 0.15) is 0 Å². The van der Waals surface area contributed by atoms with E-state index >= 15 is 4.39 Å². The maximum absolute atomic E-state index is 16.8. The van der Waals surface area contributed by atoms with Gasteiger partial charge in [-0.15, -0.1) is 0 Å². The fourth-order valence-corrected chi connectivity index (χ4v) is 7.00. The summed E-state index contributed by atoms with van der Waals surface area (Å²) >= 11 is 0. The van der Waals surface area contributed by atoms with E-state index in [0.29, 0.717) is 24.8 Å². The molecule has 3 N–H and O–H groups in total. The number of allylic oxidation sites excluding steroid dienone is 4. The Balaban J connectivity index is 1.85. The predicted molar refractivity (Wildman–Crippen MR) is 95.5 cm³/mol. The second kappa shape index (κ2) is 5.29. The third-order valence-corrected chi connectivity index (χ3v) is 8.55. The van der Waals surface area contributed by atoms with Gasteiger partial charge in [-0.1, -0.05) is 25.5 Å². The number of aliphatic carboxylic acids is 1. The first-order chi connectivity index (χ1) is 12.4.